The highest BCUT2D eigenvalue weighted by Gasteiger charge is 2.08. The lowest BCUT2D eigenvalue weighted by Gasteiger charge is -2.18. The molecule has 17 heavy (non-hydrogen) atoms. The Hall–Kier alpha value is -0.470. The van der Waals surface area contributed by atoms with E-state index >= 15 is 0 Å². The molecule has 0 aromatic heterocycles. The molecule has 96 valence electrons. The third kappa shape index (κ3) is 6.75. The van der Waals surface area contributed by atoms with E-state index in [-0.39, 0.29) is 0 Å². The number of benzene rings is 1. The predicted molar refractivity (Wildman–Crippen MR) is 79.8 cm³/mol. The second-order valence-corrected chi connectivity index (χ2v) is 5.57. The molecule has 0 aliphatic carbocycles. The molecule has 0 amide bonds. The van der Waals surface area contributed by atoms with Gasteiger partial charge in [-0.3, -0.25) is 0 Å². The minimum absolute atomic E-state index is 0.619. The fraction of sp³-hybridized carbons (Fsp3) is 0.600. The van der Waals surface area contributed by atoms with Gasteiger partial charge in [-0.1, -0.05) is 44.2 Å². The third-order valence-electron chi connectivity index (χ3n) is 2.68. The lowest BCUT2D eigenvalue weighted by atomic mass is 10.1. The quantitative estimate of drug-likeness (QED) is 0.671. The molecule has 0 spiro atoms. The van der Waals surface area contributed by atoms with Gasteiger partial charge in [0.2, 0.25) is 0 Å². The minimum atomic E-state index is 0.619. The maximum atomic E-state index is 3.66. The number of rotatable bonds is 9. The lowest BCUT2D eigenvalue weighted by Crippen LogP contribution is -2.34. The topological polar surface area (TPSA) is 12.0 Å². The van der Waals surface area contributed by atoms with Crippen LogP contribution >= 0.6 is 11.8 Å². The molecule has 1 unspecified atom stereocenters. The fourth-order valence-electron chi connectivity index (χ4n) is 1.81. The van der Waals surface area contributed by atoms with Crippen molar-refractivity contribution in [1.82, 2.24) is 5.32 Å². The van der Waals surface area contributed by atoms with Crippen molar-refractivity contribution in [3.63, 3.8) is 0 Å². The predicted octanol–water partition coefficient (Wildman–Crippen LogP) is 3.74. The maximum absolute atomic E-state index is 3.66. The average molecular weight is 251 g/mol. The van der Waals surface area contributed by atoms with Crippen LogP contribution in [0.4, 0.5) is 0 Å². The zero-order valence-corrected chi connectivity index (χ0v) is 11.9. The summed E-state index contributed by atoms with van der Waals surface area (Å²) in [5.74, 6) is 2.50. The number of hydrogen-bond acceptors (Lipinski definition) is 2. The van der Waals surface area contributed by atoms with Crippen LogP contribution in [0.15, 0.2) is 30.3 Å². The first-order valence-electron chi connectivity index (χ1n) is 6.71. The Balaban J connectivity index is 2.39. The van der Waals surface area contributed by atoms with E-state index in [9.17, 15) is 0 Å². The Kier molecular flexibility index (Phi) is 8.20. The standard InChI is InChI=1S/C15H25NS/c1-3-10-16-15(13-17-11-4-2)12-14-8-6-5-7-9-14/h5-9,15-16H,3-4,10-13H2,1-2H3. The van der Waals surface area contributed by atoms with Gasteiger partial charge in [0.25, 0.3) is 0 Å². The molecule has 0 aliphatic rings. The summed E-state index contributed by atoms with van der Waals surface area (Å²) in [4.78, 5) is 0. The van der Waals surface area contributed by atoms with Crippen LogP contribution in [0, 0.1) is 0 Å². The van der Waals surface area contributed by atoms with Gasteiger partial charge in [0.15, 0.2) is 0 Å². The molecule has 1 aromatic rings. The first-order valence-corrected chi connectivity index (χ1v) is 7.87. The molecule has 1 nitrogen and oxygen atoms in total. The van der Waals surface area contributed by atoms with E-state index in [1.165, 1.54) is 29.9 Å². The maximum Gasteiger partial charge on any atom is 0.0198 e. The molecule has 1 atom stereocenters. The fourth-order valence-corrected chi connectivity index (χ4v) is 2.78. The van der Waals surface area contributed by atoms with E-state index in [0.29, 0.717) is 6.04 Å². The molecule has 0 heterocycles. The molecule has 1 aromatic carbocycles. The van der Waals surface area contributed by atoms with Gasteiger partial charge in [0.1, 0.15) is 0 Å². The van der Waals surface area contributed by atoms with E-state index in [2.05, 4.69) is 61.3 Å². The Morgan fingerprint density at radius 2 is 1.88 bits per heavy atom. The number of nitrogens with one attached hydrogen (secondary N) is 1. The van der Waals surface area contributed by atoms with Crippen molar-refractivity contribution in [1.29, 1.82) is 0 Å². The largest absolute Gasteiger partial charge is 0.313 e. The molecular weight excluding hydrogens is 226 g/mol. The molecule has 0 fully saturated rings. The zero-order valence-electron chi connectivity index (χ0n) is 11.1. The summed E-state index contributed by atoms with van der Waals surface area (Å²) in [6, 6.07) is 11.4. The number of thioether (sulfide) groups is 1. The molecule has 0 saturated carbocycles. The summed E-state index contributed by atoms with van der Waals surface area (Å²) >= 11 is 2.07. The van der Waals surface area contributed by atoms with Crippen LogP contribution in [-0.4, -0.2) is 24.1 Å². The van der Waals surface area contributed by atoms with E-state index < -0.39 is 0 Å². The van der Waals surface area contributed by atoms with E-state index in [1.54, 1.807) is 0 Å². The van der Waals surface area contributed by atoms with E-state index in [1.807, 2.05) is 0 Å². The SMILES string of the molecule is CCCNC(CSCCC)Cc1ccccc1. The molecular formula is C15H25NS. The lowest BCUT2D eigenvalue weighted by molar-refractivity contribution is 0.550. The smallest absolute Gasteiger partial charge is 0.0198 e. The summed E-state index contributed by atoms with van der Waals surface area (Å²) in [5, 5.41) is 3.66. The molecule has 1 N–H and O–H groups in total. The summed E-state index contributed by atoms with van der Waals surface area (Å²) in [7, 11) is 0. The average Bonchev–Trinajstić information content (AvgIpc) is 2.37. The Morgan fingerprint density at radius 1 is 1.12 bits per heavy atom. The van der Waals surface area contributed by atoms with Gasteiger partial charge in [-0.05, 0) is 37.1 Å². The summed E-state index contributed by atoms with van der Waals surface area (Å²) in [5.41, 5.74) is 1.44. The summed E-state index contributed by atoms with van der Waals surface area (Å²) in [6.45, 7) is 5.61. The zero-order chi connectivity index (χ0) is 12.3. The van der Waals surface area contributed by atoms with Gasteiger partial charge in [-0.2, -0.15) is 11.8 Å². The highest BCUT2D eigenvalue weighted by molar-refractivity contribution is 7.99. The Bertz CT molecular complexity index is 274. The van der Waals surface area contributed by atoms with Gasteiger partial charge >= 0.3 is 0 Å². The van der Waals surface area contributed by atoms with Crippen LogP contribution in [0.2, 0.25) is 0 Å². The molecule has 1 rings (SSSR count). The van der Waals surface area contributed by atoms with Gasteiger partial charge in [0.05, 0.1) is 0 Å². The summed E-state index contributed by atoms with van der Waals surface area (Å²) in [6.07, 6.45) is 3.64. The Morgan fingerprint density at radius 3 is 2.53 bits per heavy atom. The third-order valence-corrected chi connectivity index (χ3v) is 4.01. The molecule has 0 radical (unpaired) electrons. The van der Waals surface area contributed by atoms with Crippen molar-refractivity contribution < 1.29 is 0 Å². The van der Waals surface area contributed by atoms with Gasteiger partial charge in [-0.15, -0.1) is 0 Å². The van der Waals surface area contributed by atoms with Crippen molar-refractivity contribution in [3.8, 4) is 0 Å². The van der Waals surface area contributed by atoms with Crippen molar-refractivity contribution >= 4 is 11.8 Å². The first kappa shape index (κ1) is 14.6. The second kappa shape index (κ2) is 9.55. The van der Waals surface area contributed by atoms with Crippen LogP contribution in [0.3, 0.4) is 0 Å². The monoisotopic (exact) mass is 251 g/mol. The number of hydrogen-bond donors (Lipinski definition) is 1. The summed E-state index contributed by atoms with van der Waals surface area (Å²) < 4.78 is 0. The van der Waals surface area contributed by atoms with Gasteiger partial charge < -0.3 is 5.32 Å². The van der Waals surface area contributed by atoms with Crippen LogP contribution < -0.4 is 5.32 Å². The van der Waals surface area contributed by atoms with Crippen molar-refractivity contribution in [2.24, 2.45) is 0 Å². The van der Waals surface area contributed by atoms with Crippen LogP contribution in [0.5, 0.6) is 0 Å². The highest BCUT2D eigenvalue weighted by atomic mass is 32.2. The molecule has 0 bridgehead atoms. The van der Waals surface area contributed by atoms with E-state index in [0.717, 1.165) is 13.0 Å². The van der Waals surface area contributed by atoms with Crippen LogP contribution in [-0.2, 0) is 6.42 Å². The van der Waals surface area contributed by atoms with Crippen LogP contribution in [0.1, 0.15) is 32.3 Å². The highest BCUT2D eigenvalue weighted by Crippen LogP contribution is 2.10. The Labute approximate surface area is 110 Å². The van der Waals surface area contributed by atoms with Crippen LogP contribution in [0.25, 0.3) is 0 Å². The van der Waals surface area contributed by atoms with Gasteiger partial charge in [-0.25, -0.2) is 0 Å². The van der Waals surface area contributed by atoms with Crippen molar-refractivity contribution in [2.45, 2.75) is 39.2 Å². The van der Waals surface area contributed by atoms with Crippen molar-refractivity contribution in [3.05, 3.63) is 35.9 Å². The normalized spacial score (nSPS) is 12.6. The second-order valence-electron chi connectivity index (χ2n) is 4.42. The minimum Gasteiger partial charge on any atom is -0.313 e. The first-order chi connectivity index (χ1) is 8.36. The van der Waals surface area contributed by atoms with Gasteiger partial charge in [0, 0.05) is 11.8 Å². The molecule has 0 saturated heterocycles. The molecule has 0 aliphatic heterocycles. The van der Waals surface area contributed by atoms with E-state index in [4.69, 9.17) is 0 Å². The molecule has 2 heteroatoms. The van der Waals surface area contributed by atoms with Crippen molar-refractivity contribution in [2.75, 3.05) is 18.1 Å².